The minimum atomic E-state index is -0.234. The number of methoxy groups -OCH3 is 2. The van der Waals surface area contributed by atoms with Crippen molar-refractivity contribution in [1.29, 1.82) is 0 Å². The molecule has 0 aliphatic heterocycles. The fourth-order valence-corrected chi connectivity index (χ4v) is 2.71. The third-order valence-electron chi connectivity index (χ3n) is 4.13. The second kappa shape index (κ2) is 8.84. The molecule has 0 saturated heterocycles. The minimum Gasteiger partial charge on any atom is -0.493 e. The van der Waals surface area contributed by atoms with Gasteiger partial charge >= 0.3 is 0 Å². The summed E-state index contributed by atoms with van der Waals surface area (Å²) in [5, 5.41) is 11.2. The number of benzene rings is 2. The highest BCUT2D eigenvalue weighted by atomic mass is 16.5. The van der Waals surface area contributed by atoms with Crippen molar-refractivity contribution in [1.82, 2.24) is 15.2 Å². The van der Waals surface area contributed by atoms with Gasteiger partial charge in [-0.2, -0.15) is 0 Å². The maximum absolute atomic E-state index is 12.2. The van der Waals surface area contributed by atoms with Crippen LogP contribution in [-0.2, 0) is 12.8 Å². The van der Waals surface area contributed by atoms with Gasteiger partial charge in [-0.05, 0) is 29.7 Å². The molecule has 7 nitrogen and oxygen atoms in total. The van der Waals surface area contributed by atoms with Gasteiger partial charge in [-0.15, -0.1) is 10.2 Å². The molecule has 1 aromatic heterocycles. The standard InChI is InChI=1S/C20H22N4O3/c1-26-17-9-8-15(13-18(17)27-2)10-11-21-20-22-19(25)16(23-24-20)12-14-6-4-3-5-7-14/h3-9,13H,10-12H2,1-2H3,(H2,21,22,24,25). The van der Waals surface area contributed by atoms with E-state index in [1.54, 1.807) is 14.2 Å². The van der Waals surface area contributed by atoms with Crippen LogP contribution in [0.4, 0.5) is 5.95 Å². The minimum absolute atomic E-state index is 0.234. The predicted molar refractivity (Wildman–Crippen MR) is 104 cm³/mol. The Kier molecular flexibility index (Phi) is 6.04. The Balaban J connectivity index is 1.59. The van der Waals surface area contributed by atoms with Crippen molar-refractivity contribution < 1.29 is 9.47 Å². The van der Waals surface area contributed by atoms with E-state index in [0.29, 0.717) is 36.1 Å². The number of aromatic amines is 1. The molecule has 0 fully saturated rings. The zero-order valence-corrected chi connectivity index (χ0v) is 15.4. The Bertz CT molecular complexity index is 941. The van der Waals surface area contributed by atoms with Gasteiger partial charge in [0, 0.05) is 13.0 Å². The number of aromatic nitrogens is 3. The van der Waals surface area contributed by atoms with E-state index in [2.05, 4.69) is 20.5 Å². The van der Waals surface area contributed by atoms with Crippen molar-refractivity contribution in [3.63, 3.8) is 0 Å². The molecule has 3 aromatic rings. The van der Waals surface area contributed by atoms with Crippen molar-refractivity contribution in [2.24, 2.45) is 0 Å². The lowest BCUT2D eigenvalue weighted by Crippen LogP contribution is -2.20. The predicted octanol–water partition coefficient (Wildman–Crippen LogP) is 2.43. The first-order valence-corrected chi connectivity index (χ1v) is 8.64. The first-order valence-electron chi connectivity index (χ1n) is 8.64. The van der Waals surface area contributed by atoms with Gasteiger partial charge in [-0.25, -0.2) is 0 Å². The van der Waals surface area contributed by atoms with Crippen LogP contribution in [0.3, 0.4) is 0 Å². The van der Waals surface area contributed by atoms with E-state index in [4.69, 9.17) is 9.47 Å². The van der Waals surface area contributed by atoms with Gasteiger partial charge in [0.25, 0.3) is 5.56 Å². The summed E-state index contributed by atoms with van der Waals surface area (Å²) in [6, 6.07) is 15.5. The molecular weight excluding hydrogens is 344 g/mol. The topological polar surface area (TPSA) is 89.1 Å². The quantitative estimate of drug-likeness (QED) is 0.636. The highest BCUT2D eigenvalue weighted by Crippen LogP contribution is 2.27. The molecule has 0 aliphatic rings. The largest absolute Gasteiger partial charge is 0.493 e. The second-order valence-electron chi connectivity index (χ2n) is 5.98. The van der Waals surface area contributed by atoms with Crippen LogP contribution in [0.15, 0.2) is 53.3 Å². The summed E-state index contributed by atoms with van der Waals surface area (Å²) in [5.41, 5.74) is 2.26. The van der Waals surface area contributed by atoms with Gasteiger partial charge < -0.3 is 14.8 Å². The van der Waals surface area contributed by atoms with E-state index in [9.17, 15) is 4.79 Å². The lowest BCUT2D eigenvalue weighted by Gasteiger charge is -2.10. The van der Waals surface area contributed by atoms with Gasteiger partial charge in [-0.1, -0.05) is 36.4 Å². The van der Waals surface area contributed by atoms with Gasteiger partial charge in [0.1, 0.15) is 5.69 Å². The van der Waals surface area contributed by atoms with Gasteiger partial charge in [0.05, 0.1) is 14.2 Å². The molecule has 3 rings (SSSR count). The van der Waals surface area contributed by atoms with Crippen LogP contribution < -0.4 is 20.3 Å². The summed E-state index contributed by atoms with van der Waals surface area (Å²) in [6.07, 6.45) is 1.19. The van der Waals surface area contributed by atoms with Gasteiger partial charge in [0.2, 0.25) is 5.95 Å². The first kappa shape index (κ1) is 18.4. The van der Waals surface area contributed by atoms with Crippen LogP contribution in [0.2, 0.25) is 0 Å². The number of nitrogens with zero attached hydrogens (tertiary/aromatic N) is 2. The van der Waals surface area contributed by atoms with Crippen molar-refractivity contribution >= 4 is 5.95 Å². The Morgan fingerprint density at radius 2 is 1.74 bits per heavy atom. The molecule has 2 N–H and O–H groups in total. The number of anilines is 1. The summed E-state index contributed by atoms with van der Waals surface area (Å²) >= 11 is 0. The summed E-state index contributed by atoms with van der Waals surface area (Å²) in [6.45, 7) is 0.595. The second-order valence-corrected chi connectivity index (χ2v) is 5.98. The van der Waals surface area contributed by atoms with E-state index in [1.165, 1.54) is 0 Å². The van der Waals surface area contributed by atoms with Crippen LogP contribution in [0.5, 0.6) is 11.5 Å². The molecule has 0 atom stereocenters. The summed E-state index contributed by atoms with van der Waals surface area (Å²) < 4.78 is 10.5. The molecular formula is C20H22N4O3. The molecule has 27 heavy (non-hydrogen) atoms. The number of hydrogen-bond acceptors (Lipinski definition) is 6. The number of hydrogen-bond donors (Lipinski definition) is 2. The molecule has 0 bridgehead atoms. The highest BCUT2D eigenvalue weighted by Gasteiger charge is 2.07. The molecule has 0 aliphatic carbocycles. The fraction of sp³-hybridized carbons (Fsp3) is 0.250. The third kappa shape index (κ3) is 4.84. The fourth-order valence-electron chi connectivity index (χ4n) is 2.71. The van der Waals surface area contributed by atoms with Gasteiger partial charge in [-0.3, -0.25) is 9.78 Å². The molecule has 0 amide bonds. The monoisotopic (exact) mass is 366 g/mol. The smallest absolute Gasteiger partial charge is 0.274 e. The molecule has 2 aromatic carbocycles. The van der Waals surface area contributed by atoms with Crippen LogP contribution in [0.1, 0.15) is 16.8 Å². The van der Waals surface area contributed by atoms with E-state index in [0.717, 1.165) is 17.5 Å². The Hall–Kier alpha value is -3.35. The number of ether oxygens (including phenoxy) is 2. The zero-order valence-electron chi connectivity index (χ0n) is 15.4. The van der Waals surface area contributed by atoms with Crippen LogP contribution in [0, 0.1) is 0 Å². The molecule has 0 radical (unpaired) electrons. The normalized spacial score (nSPS) is 10.4. The first-order chi connectivity index (χ1) is 13.2. The number of rotatable bonds is 8. The number of H-pyrrole nitrogens is 1. The lowest BCUT2D eigenvalue weighted by atomic mass is 10.1. The van der Waals surface area contributed by atoms with Crippen molar-refractivity contribution in [2.75, 3.05) is 26.1 Å². The Morgan fingerprint density at radius 1 is 0.963 bits per heavy atom. The molecule has 140 valence electrons. The van der Waals surface area contributed by atoms with Crippen LogP contribution in [0.25, 0.3) is 0 Å². The summed E-state index contributed by atoms with van der Waals surface area (Å²) in [5.74, 6) is 1.74. The number of nitrogens with one attached hydrogen (secondary N) is 2. The van der Waals surface area contributed by atoms with E-state index >= 15 is 0 Å². The summed E-state index contributed by atoms with van der Waals surface area (Å²) in [7, 11) is 3.22. The van der Waals surface area contributed by atoms with E-state index in [-0.39, 0.29) is 5.56 Å². The summed E-state index contributed by atoms with van der Waals surface area (Å²) in [4.78, 5) is 14.9. The SMILES string of the molecule is COc1ccc(CCNc2nnc(Cc3ccccc3)c(=O)[nH]2)cc1OC. The zero-order chi connectivity index (χ0) is 19.1. The Labute approximate surface area is 157 Å². The molecule has 1 heterocycles. The third-order valence-corrected chi connectivity index (χ3v) is 4.13. The van der Waals surface area contributed by atoms with Crippen LogP contribution in [-0.4, -0.2) is 35.9 Å². The van der Waals surface area contributed by atoms with E-state index < -0.39 is 0 Å². The highest BCUT2D eigenvalue weighted by molar-refractivity contribution is 5.43. The maximum atomic E-state index is 12.2. The average Bonchev–Trinajstić information content (AvgIpc) is 2.70. The molecule has 0 saturated carbocycles. The van der Waals surface area contributed by atoms with Gasteiger partial charge in [0.15, 0.2) is 11.5 Å². The maximum Gasteiger partial charge on any atom is 0.274 e. The molecule has 0 unspecified atom stereocenters. The molecule has 0 spiro atoms. The van der Waals surface area contributed by atoms with Crippen molar-refractivity contribution in [3.8, 4) is 11.5 Å². The van der Waals surface area contributed by atoms with E-state index in [1.807, 2.05) is 48.5 Å². The molecule has 7 heteroatoms. The van der Waals surface area contributed by atoms with Crippen LogP contribution >= 0.6 is 0 Å². The Morgan fingerprint density at radius 3 is 2.44 bits per heavy atom. The lowest BCUT2D eigenvalue weighted by molar-refractivity contribution is 0.354. The van der Waals surface area contributed by atoms with Crippen molar-refractivity contribution in [2.45, 2.75) is 12.8 Å². The average molecular weight is 366 g/mol. The van der Waals surface area contributed by atoms with Crippen molar-refractivity contribution in [3.05, 3.63) is 75.7 Å².